The predicted molar refractivity (Wildman–Crippen MR) is 75.3 cm³/mol. The number of nitrogens with one attached hydrogen (secondary N) is 3. The van der Waals surface area contributed by atoms with Crippen LogP contribution in [0.2, 0.25) is 0 Å². The number of carboxylic acid groups (broad SMARTS) is 1. The normalized spacial score (nSPS) is 17.2. The molecule has 0 aromatic carbocycles. The third kappa shape index (κ3) is 5.90. The quantitative estimate of drug-likeness (QED) is 0.262. The predicted octanol–water partition coefficient (Wildman–Crippen LogP) is 0.399. The summed E-state index contributed by atoms with van der Waals surface area (Å²) in [7, 11) is 0. The van der Waals surface area contributed by atoms with Crippen molar-refractivity contribution < 1.29 is 14.7 Å². The van der Waals surface area contributed by atoms with E-state index in [-0.39, 0.29) is 17.8 Å². The van der Waals surface area contributed by atoms with Crippen molar-refractivity contribution in [3.05, 3.63) is 0 Å². The molecule has 0 saturated heterocycles. The number of nitrogens with two attached hydrogens (primary N) is 1. The number of carbonyl (C=O) groups excluding carboxylic acids is 1. The van der Waals surface area contributed by atoms with E-state index < -0.39 is 12.0 Å². The molecule has 0 radical (unpaired) electrons. The molecule has 0 spiro atoms. The highest BCUT2D eigenvalue weighted by Crippen LogP contribution is 2.23. The van der Waals surface area contributed by atoms with E-state index in [1.165, 1.54) is 0 Å². The van der Waals surface area contributed by atoms with Gasteiger partial charge in [-0.15, -0.1) is 0 Å². The number of carboxylic acids is 1. The Morgan fingerprint density at radius 3 is 2.50 bits per heavy atom. The summed E-state index contributed by atoms with van der Waals surface area (Å²) in [6.45, 7) is 0.429. The maximum Gasteiger partial charge on any atom is 0.326 e. The molecule has 7 nitrogen and oxygen atoms in total. The Labute approximate surface area is 118 Å². The second-order valence-corrected chi connectivity index (χ2v) is 5.22. The zero-order valence-electron chi connectivity index (χ0n) is 11.7. The second kappa shape index (κ2) is 8.39. The van der Waals surface area contributed by atoms with E-state index in [2.05, 4.69) is 10.6 Å². The summed E-state index contributed by atoms with van der Waals surface area (Å²) >= 11 is 0. The van der Waals surface area contributed by atoms with Crippen molar-refractivity contribution in [2.24, 2.45) is 11.7 Å². The van der Waals surface area contributed by atoms with Gasteiger partial charge in [0.1, 0.15) is 6.04 Å². The highest BCUT2D eigenvalue weighted by Gasteiger charge is 2.26. The average molecular weight is 284 g/mol. The summed E-state index contributed by atoms with van der Waals surface area (Å²) in [4.78, 5) is 23.2. The minimum atomic E-state index is -1.02. The summed E-state index contributed by atoms with van der Waals surface area (Å²) in [5, 5.41) is 21.4. The molecule has 1 atom stereocenters. The fourth-order valence-electron chi connectivity index (χ4n) is 2.44. The Hall–Kier alpha value is -1.79. The fraction of sp³-hybridized carbons (Fsp3) is 0.769. The molecular formula is C13H24N4O3. The summed E-state index contributed by atoms with van der Waals surface area (Å²) in [6.07, 6.45) is 5.79. The van der Waals surface area contributed by atoms with Crippen LogP contribution in [0.1, 0.15) is 44.9 Å². The monoisotopic (exact) mass is 284 g/mol. The molecule has 1 aliphatic rings. The molecule has 6 N–H and O–H groups in total. The molecule has 0 bridgehead atoms. The number of hydrogen-bond donors (Lipinski definition) is 5. The highest BCUT2D eigenvalue weighted by atomic mass is 16.4. The second-order valence-electron chi connectivity index (χ2n) is 5.22. The van der Waals surface area contributed by atoms with Gasteiger partial charge in [0.2, 0.25) is 5.91 Å². The smallest absolute Gasteiger partial charge is 0.326 e. The van der Waals surface area contributed by atoms with Crippen LogP contribution in [0.15, 0.2) is 0 Å². The van der Waals surface area contributed by atoms with Crippen LogP contribution in [-0.4, -0.2) is 35.5 Å². The Kier molecular flexibility index (Phi) is 6.83. The van der Waals surface area contributed by atoms with Crippen LogP contribution in [0.25, 0.3) is 0 Å². The topological polar surface area (TPSA) is 128 Å². The van der Waals surface area contributed by atoms with Gasteiger partial charge in [-0.3, -0.25) is 10.2 Å². The van der Waals surface area contributed by atoms with Crippen molar-refractivity contribution >= 4 is 17.8 Å². The Morgan fingerprint density at radius 1 is 1.30 bits per heavy atom. The lowest BCUT2D eigenvalue weighted by molar-refractivity contribution is -0.142. The Bertz CT molecular complexity index is 354. The van der Waals surface area contributed by atoms with Crippen LogP contribution in [0.4, 0.5) is 0 Å². The molecule has 0 aromatic heterocycles. The lowest BCUT2D eigenvalue weighted by Gasteiger charge is -2.23. The van der Waals surface area contributed by atoms with Gasteiger partial charge < -0.3 is 21.5 Å². The molecule has 1 unspecified atom stereocenters. The molecule has 1 saturated carbocycles. The van der Waals surface area contributed by atoms with Gasteiger partial charge in [0.05, 0.1) is 0 Å². The average Bonchev–Trinajstić information content (AvgIpc) is 2.42. The van der Waals surface area contributed by atoms with Crippen LogP contribution >= 0.6 is 0 Å². The van der Waals surface area contributed by atoms with Gasteiger partial charge in [0.25, 0.3) is 0 Å². The zero-order valence-corrected chi connectivity index (χ0v) is 11.7. The first kappa shape index (κ1) is 16.3. The van der Waals surface area contributed by atoms with Crippen molar-refractivity contribution in [2.45, 2.75) is 51.0 Å². The van der Waals surface area contributed by atoms with Crippen LogP contribution < -0.4 is 16.4 Å². The first-order valence-electron chi connectivity index (χ1n) is 7.11. The molecule has 0 aliphatic heterocycles. The SMILES string of the molecule is N=C(N)NCCCC(NC(=O)C1CCCCC1)C(=O)O. The molecule has 1 amide bonds. The minimum Gasteiger partial charge on any atom is -0.480 e. The molecule has 1 aliphatic carbocycles. The maximum atomic E-state index is 12.0. The van der Waals surface area contributed by atoms with Gasteiger partial charge >= 0.3 is 5.97 Å². The first-order valence-corrected chi connectivity index (χ1v) is 7.11. The van der Waals surface area contributed by atoms with Crippen molar-refractivity contribution in [3.8, 4) is 0 Å². The number of hydrogen-bond acceptors (Lipinski definition) is 3. The number of carbonyl (C=O) groups is 2. The standard InChI is InChI=1S/C13H24N4O3/c14-13(15)16-8-4-7-10(12(19)20)17-11(18)9-5-2-1-3-6-9/h9-10H,1-8H2,(H,17,18)(H,19,20)(H4,14,15,16). The number of aliphatic carboxylic acids is 1. The Morgan fingerprint density at radius 2 is 1.95 bits per heavy atom. The van der Waals surface area contributed by atoms with E-state index in [9.17, 15) is 9.59 Å². The van der Waals surface area contributed by atoms with Crippen molar-refractivity contribution in [2.75, 3.05) is 6.54 Å². The molecule has 1 fully saturated rings. The minimum absolute atomic E-state index is 0.0408. The van der Waals surface area contributed by atoms with Gasteiger partial charge in [0.15, 0.2) is 5.96 Å². The van der Waals surface area contributed by atoms with Gasteiger partial charge in [-0.2, -0.15) is 0 Å². The number of rotatable bonds is 7. The third-order valence-electron chi connectivity index (χ3n) is 3.58. The van der Waals surface area contributed by atoms with Crippen LogP contribution in [0.5, 0.6) is 0 Å². The van der Waals surface area contributed by atoms with E-state index in [1.807, 2.05) is 0 Å². The highest BCUT2D eigenvalue weighted by molar-refractivity contribution is 5.85. The molecule has 114 valence electrons. The third-order valence-corrected chi connectivity index (χ3v) is 3.58. The van der Waals surface area contributed by atoms with Crippen molar-refractivity contribution in [3.63, 3.8) is 0 Å². The van der Waals surface area contributed by atoms with E-state index in [0.29, 0.717) is 19.4 Å². The fourth-order valence-corrected chi connectivity index (χ4v) is 2.44. The molecule has 0 aromatic rings. The molecule has 7 heteroatoms. The lowest BCUT2D eigenvalue weighted by atomic mass is 9.88. The summed E-state index contributed by atoms with van der Waals surface area (Å²) in [6, 6.07) is -0.863. The summed E-state index contributed by atoms with van der Waals surface area (Å²) in [5.74, 6) is -1.34. The molecule has 0 heterocycles. The van der Waals surface area contributed by atoms with E-state index >= 15 is 0 Å². The lowest BCUT2D eigenvalue weighted by Crippen LogP contribution is -2.44. The van der Waals surface area contributed by atoms with E-state index in [4.69, 9.17) is 16.2 Å². The number of guanidine groups is 1. The summed E-state index contributed by atoms with van der Waals surface area (Å²) in [5.41, 5.74) is 5.13. The van der Waals surface area contributed by atoms with Crippen LogP contribution in [0.3, 0.4) is 0 Å². The zero-order chi connectivity index (χ0) is 15.0. The van der Waals surface area contributed by atoms with Gasteiger partial charge in [-0.25, -0.2) is 4.79 Å². The van der Waals surface area contributed by atoms with Gasteiger partial charge in [0, 0.05) is 12.5 Å². The first-order chi connectivity index (χ1) is 9.50. The number of amides is 1. The molecule has 20 heavy (non-hydrogen) atoms. The van der Waals surface area contributed by atoms with E-state index in [1.54, 1.807) is 0 Å². The van der Waals surface area contributed by atoms with Crippen LogP contribution in [0, 0.1) is 11.3 Å². The van der Waals surface area contributed by atoms with Gasteiger partial charge in [-0.05, 0) is 25.7 Å². The van der Waals surface area contributed by atoms with Gasteiger partial charge in [-0.1, -0.05) is 19.3 Å². The largest absolute Gasteiger partial charge is 0.480 e. The maximum absolute atomic E-state index is 12.0. The summed E-state index contributed by atoms with van der Waals surface area (Å²) < 4.78 is 0. The Balaban J connectivity index is 2.35. The van der Waals surface area contributed by atoms with Crippen molar-refractivity contribution in [1.29, 1.82) is 5.41 Å². The van der Waals surface area contributed by atoms with E-state index in [0.717, 1.165) is 32.1 Å². The van der Waals surface area contributed by atoms with Crippen LogP contribution in [-0.2, 0) is 9.59 Å². The molecule has 1 rings (SSSR count). The van der Waals surface area contributed by atoms with Crippen molar-refractivity contribution in [1.82, 2.24) is 10.6 Å². The molecular weight excluding hydrogens is 260 g/mol.